The Balaban J connectivity index is 2.27. The quantitative estimate of drug-likeness (QED) is 0.811. The van der Waals surface area contributed by atoms with Crippen molar-refractivity contribution in [1.29, 1.82) is 0 Å². The Morgan fingerprint density at radius 1 is 1.32 bits per heavy atom. The van der Waals surface area contributed by atoms with Gasteiger partial charge in [-0.05, 0) is 18.2 Å². The number of benzene rings is 1. The molecule has 0 unspecified atom stereocenters. The van der Waals surface area contributed by atoms with Crippen molar-refractivity contribution < 1.29 is 22.4 Å². The van der Waals surface area contributed by atoms with Crippen molar-refractivity contribution in [3.05, 3.63) is 48.3 Å². The zero-order chi connectivity index (χ0) is 14.0. The van der Waals surface area contributed by atoms with Crippen molar-refractivity contribution in [3.63, 3.8) is 0 Å². The predicted octanol–water partition coefficient (Wildman–Crippen LogP) is 3.12. The number of nitrogens with zero attached hydrogens (tertiary/aromatic N) is 2. The Kier molecular flexibility index (Phi) is 3.24. The van der Waals surface area contributed by atoms with Crippen LogP contribution in [0.5, 0.6) is 0 Å². The standard InChI is InChI=1S/C11H7F4N3O/c12-8-2-1-7(11(13,14)15)5-9(8)17-10(19)18-4-3-16-6-18/h1-6H,(H,17,19). The van der Waals surface area contributed by atoms with Crippen LogP contribution in [0.1, 0.15) is 5.56 Å². The number of halogens is 4. The van der Waals surface area contributed by atoms with Crippen LogP contribution in [0.15, 0.2) is 36.9 Å². The summed E-state index contributed by atoms with van der Waals surface area (Å²) in [6.45, 7) is 0. The molecule has 0 aliphatic rings. The average molecular weight is 273 g/mol. The van der Waals surface area contributed by atoms with E-state index >= 15 is 0 Å². The molecule has 0 saturated heterocycles. The second-order valence-corrected chi connectivity index (χ2v) is 3.59. The summed E-state index contributed by atoms with van der Waals surface area (Å²) in [5, 5.41) is 2.03. The highest BCUT2D eigenvalue weighted by Crippen LogP contribution is 2.31. The van der Waals surface area contributed by atoms with Crippen LogP contribution >= 0.6 is 0 Å². The van der Waals surface area contributed by atoms with Gasteiger partial charge in [0.2, 0.25) is 0 Å². The van der Waals surface area contributed by atoms with Gasteiger partial charge in [0.15, 0.2) is 0 Å². The molecule has 0 bridgehead atoms. The minimum absolute atomic E-state index is 0.532. The Morgan fingerprint density at radius 3 is 2.63 bits per heavy atom. The highest BCUT2D eigenvalue weighted by atomic mass is 19.4. The molecule has 0 radical (unpaired) electrons. The summed E-state index contributed by atoms with van der Waals surface area (Å²) in [5.41, 5.74) is -1.59. The zero-order valence-electron chi connectivity index (χ0n) is 9.28. The summed E-state index contributed by atoms with van der Waals surface area (Å²) < 4.78 is 51.7. The first kappa shape index (κ1) is 13.1. The lowest BCUT2D eigenvalue weighted by molar-refractivity contribution is -0.137. The molecule has 0 spiro atoms. The summed E-state index contributed by atoms with van der Waals surface area (Å²) in [7, 11) is 0. The first-order chi connectivity index (χ1) is 8.88. The van der Waals surface area contributed by atoms with E-state index in [4.69, 9.17) is 0 Å². The topological polar surface area (TPSA) is 46.9 Å². The van der Waals surface area contributed by atoms with E-state index in [2.05, 4.69) is 4.98 Å². The number of alkyl halides is 3. The number of carbonyl (C=O) groups is 1. The van der Waals surface area contributed by atoms with E-state index in [0.29, 0.717) is 18.2 Å². The molecule has 2 rings (SSSR count). The Labute approximate surface area is 104 Å². The van der Waals surface area contributed by atoms with Gasteiger partial charge >= 0.3 is 12.2 Å². The zero-order valence-corrected chi connectivity index (χ0v) is 9.28. The summed E-state index contributed by atoms with van der Waals surface area (Å²) >= 11 is 0. The highest BCUT2D eigenvalue weighted by Gasteiger charge is 2.31. The Bertz CT molecular complexity index is 592. The van der Waals surface area contributed by atoms with Gasteiger partial charge in [-0.3, -0.25) is 4.57 Å². The molecule has 0 aliphatic heterocycles. The van der Waals surface area contributed by atoms with E-state index < -0.39 is 29.3 Å². The number of anilines is 1. The van der Waals surface area contributed by atoms with Gasteiger partial charge in [0.1, 0.15) is 12.1 Å². The van der Waals surface area contributed by atoms with Crippen molar-refractivity contribution >= 4 is 11.7 Å². The van der Waals surface area contributed by atoms with Gasteiger partial charge in [0, 0.05) is 12.4 Å². The van der Waals surface area contributed by atoms with Crippen LogP contribution in [0, 0.1) is 5.82 Å². The van der Waals surface area contributed by atoms with Crippen molar-refractivity contribution in [2.24, 2.45) is 0 Å². The fraction of sp³-hybridized carbons (Fsp3) is 0.0909. The number of aromatic nitrogens is 2. The minimum atomic E-state index is -4.61. The largest absolute Gasteiger partial charge is 0.416 e. The molecular weight excluding hydrogens is 266 g/mol. The van der Waals surface area contributed by atoms with Gasteiger partial charge in [-0.25, -0.2) is 14.2 Å². The maximum atomic E-state index is 13.4. The van der Waals surface area contributed by atoms with Gasteiger partial charge in [0.25, 0.3) is 0 Å². The molecule has 1 heterocycles. The molecule has 4 nitrogen and oxygen atoms in total. The molecule has 100 valence electrons. The third-order valence-electron chi connectivity index (χ3n) is 2.27. The van der Waals surface area contributed by atoms with Crippen LogP contribution in [-0.4, -0.2) is 15.6 Å². The Morgan fingerprint density at radius 2 is 2.05 bits per heavy atom. The lowest BCUT2D eigenvalue weighted by atomic mass is 10.2. The minimum Gasteiger partial charge on any atom is -0.304 e. The molecule has 8 heteroatoms. The smallest absolute Gasteiger partial charge is 0.304 e. The molecule has 19 heavy (non-hydrogen) atoms. The first-order valence-electron chi connectivity index (χ1n) is 5.04. The van der Waals surface area contributed by atoms with Gasteiger partial charge in [0.05, 0.1) is 11.3 Å². The van der Waals surface area contributed by atoms with E-state index in [0.717, 1.165) is 10.9 Å². The maximum absolute atomic E-state index is 13.4. The molecule has 0 fully saturated rings. The molecule has 0 aliphatic carbocycles. The van der Waals surface area contributed by atoms with E-state index in [1.54, 1.807) is 0 Å². The fourth-order valence-electron chi connectivity index (χ4n) is 1.36. The summed E-state index contributed by atoms with van der Waals surface area (Å²) in [4.78, 5) is 15.1. The van der Waals surface area contributed by atoms with Gasteiger partial charge in [-0.15, -0.1) is 0 Å². The summed E-state index contributed by atoms with van der Waals surface area (Å²) in [5.74, 6) is -0.957. The second kappa shape index (κ2) is 4.71. The van der Waals surface area contributed by atoms with Crippen LogP contribution < -0.4 is 5.32 Å². The number of rotatable bonds is 1. The second-order valence-electron chi connectivity index (χ2n) is 3.59. The predicted molar refractivity (Wildman–Crippen MR) is 58.0 cm³/mol. The Hall–Kier alpha value is -2.38. The van der Waals surface area contributed by atoms with E-state index in [9.17, 15) is 22.4 Å². The molecular formula is C11H7F4N3O. The normalized spacial score (nSPS) is 11.4. The van der Waals surface area contributed by atoms with Crippen LogP contribution in [-0.2, 0) is 6.18 Å². The molecule has 2 aromatic rings. The van der Waals surface area contributed by atoms with Crippen molar-refractivity contribution in [2.75, 3.05) is 5.32 Å². The molecule has 0 atom stereocenters. The van der Waals surface area contributed by atoms with Crippen LogP contribution in [0.25, 0.3) is 0 Å². The lowest BCUT2D eigenvalue weighted by Gasteiger charge is -2.10. The lowest BCUT2D eigenvalue weighted by Crippen LogP contribution is -2.19. The number of hydrogen-bond donors (Lipinski definition) is 1. The third kappa shape index (κ3) is 2.90. The molecule has 1 aromatic carbocycles. The number of imidazole rings is 1. The van der Waals surface area contributed by atoms with Crippen LogP contribution in [0.2, 0.25) is 0 Å². The van der Waals surface area contributed by atoms with Gasteiger partial charge < -0.3 is 5.32 Å². The van der Waals surface area contributed by atoms with Crippen molar-refractivity contribution in [1.82, 2.24) is 9.55 Å². The summed E-state index contributed by atoms with van der Waals surface area (Å²) in [6, 6.07) is 0.967. The SMILES string of the molecule is O=C(Nc1cc(C(F)(F)F)ccc1F)n1ccnc1. The van der Waals surface area contributed by atoms with Crippen LogP contribution in [0.3, 0.4) is 0 Å². The average Bonchev–Trinajstić information content (AvgIpc) is 2.84. The molecule has 1 aromatic heterocycles. The van der Waals surface area contributed by atoms with Gasteiger partial charge in [-0.1, -0.05) is 0 Å². The van der Waals surface area contributed by atoms with E-state index in [1.807, 2.05) is 5.32 Å². The number of amides is 1. The van der Waals surface area contributed by atoms with E-state index in [1.165, 1.54) is 12.4 Å². The monoisotopic (exact) mass is 273 g/mol. The van der Waals surface area contributed by atoms with Gasteiger partial charge in [-0.2, -0.15) is 13.2 Å². The van der Waals surface area contributed by atoms with E-state index in [-0.39, 0.29) is 0 Å². The number of carbonyl (C=O) groups excluding carboxylic acids is 1. The number of nitrogens with one attached hydrogen (secondary N) is 1. The number of hydrogen-bond acceptors (Lipinski definition) is 2. The molecule has 1 N–H and O–H groups in total. The fourth-order valence-corrected chi connectivity index (χ4v) is 1.36. The molecule has 1 amide bonds. The third-order valence-corrected chi connectivity index (χ3v) is 2.27. The highest BCUT2D eigenvalue weighted by molar-refractivity contribution is 5.91. The molecule has 0 saturated carbocycles. The van der Waals surface area contributed by atoms with Crippen LogP contribution in [0.4, 0.5) is 28.0 Å². The van der Waals surface area contributed by atoms with Crippen molar-refractivity contribution in [2.45, 2.75) is 6.18 Å². The van der Waals surface area contributed by atoms with Crippen molar-refractivity contribution in [3.8, 4) is 0 Å². The first-order valence-corrected chi connectivity index (χ1v) is 5.04. The maximum Gasteiger partial charge on any atom is 0.416 e. The summed E-state index contributed by atoms with van der Waals surface area (Å²) in [6.07, 6.45) is -0.883.